The summed E-state index contributed by atoms with van der Waals surface area (Å²) in [7, 11) is 0. The quantitative estimate of drug-likeness (QED) is 0.665. The third-order valence-electron chi connectivity index (χ3n) is 3.38. The first-order valence-corrected chi connectivity index (χ1v) is 9.84. The van der Waals surface area contributed by atoms with E-state index in [9.17, 15) is 4.79 Å². The van der Waals surface area contributed by atoms with Crippen LogP contribution in [0, 0.1) is 0 Å². The first-order valence-electron chi connectivity index (χ1n) is 7.40. The van der Waals surface area contributed by atoms with Crippen molar-refractivity contribution in [1.82, 2.24) is 4.98 Å². The van der Waals surface area contributed by atoms with Crippen molar-refractivity contribution < 1.29 is 4.79 Å². The Hall–Kier alpha value is -2.13. The molecule has 0 saturated carbocycles. The van der Waals surface area contributed by atoms with E-state index in [2.05, 4.69) is 10.3 Å². The summed E-state index contributed by atoms with van der Waals surface area (Å²) in [6, 6.07) is 18.9. The summed E-state index contributed by atoms with van der Waals surface area (Å²) in [5.41, 5.74) is 2.69. The van der Waals surface area contributed by atoms with Crippen LogP contribution in [0.4, 0.5) is 5.69 Å². The summed E-state index contributed by atoms with van der Waals surface area (Å²) < 4.78 is 1.09. The molecular weight excluding hydrogens is 387 g/mol. The molecule has 0 saturated heterocycles. The molecule has 0 radical (unpaired) electrons. The fraction of sp³-hybridized carbons (Fsp3) is 0.0526. The Morgan fingerprint density at radius 3 is 2.46 bits per heavy atom. The Kier molecular flexibility index (Phi) is 5.65. The summed E-state index contributed by atoms with van der Waals surface area (Å²) >= 11 is 6.05. The van der Waals surface area contributed by atoms with E-state index < -0.39 is 0 Å². The minimum atomic E-state index is -0.0930. The molecule has 0 spiro atoms. The van der Waals surface area contributed by atoms with Gasteiger partial charge >= 0.3 is 152 Å². The molecule has 0 atom stereocenters. The first kappa shape index (κ1) is 16.7. The first-order chi connectivity index (χ1) is 11.7. The molecule has 0 aliphatic rings. The normalized spacial score (nSPS) is 10.4. The van der Waals surface area contributed by atoms with Crippen LogP contribution >= 0.6 is 11.6 Å². The van der Waals surface area contributed by atoms with Crippen LogP contribution in [0.15, 0.2) is 73.1 Å². The number of aromatic nitrogens is 1. The number of rotatable bonds is 5. The molecule has 3 nitrogen and oxygen atoms in total. The summed E-state index contributed by atoms with van der Waals surface area (Å²) in [5.74, 6) is -0.0930. The molecule has 0 unspecified atom stereocenters. The van der Waals surface area contributed by atoms with Crippen LogP contribution in [0.1, 0.15) is 15.9 Å². The van der Waals surface area contributed by atoms with E-state index in [0.29, 0.717) is 5.02 Å². The molecular formula is C19H15ClN2OSe. The summed E-state index contributed by atoms with van der Waals surface area (Å²) in [4.78, 5) is 16.6. The Labute approximate surface area is 152 Å². The zero-order valence-electron chi connectivity index (χ0n) is 12.8. The molecule has 24 heavy (non-hydrogen) atoms. The molecule has 1 aromatic heterocycles. The molecule has 0 bridgehead atoms. The molecule has 0 fully saturated rings. The summed E-state index contributed by atoms with van der Waals surface area (Å²) in [6.45, 7) is 0. The Balaban J connectivity index is 1.73. The number of hydrogen-bond acceptors (Lipinski definition) is 2. The summed E-state index contributed by atoms with van der Waals surface area (Å²) in [6.07, 6.45) is 3.59. The van der Waals surface area contributed by atoms with Crippen LogP contribution in [0.3, 0.4) is 0 Å². The average molecular weight is 402 g/mol. The fourth-order valence-electron chi connectivity index (χ4n) is 2.15. The van der Waals surface area contributed by atoms with Gasteiger partial charge in [-0.3, -0.25) is 0 Å². The second-order valence-electron chi connectivity index (χ2n) is 5.10. The maximum atomic E-state index is 12.6. The molecule has 1 N–H and O–H groups in total. The van der Waals surface area contributed by atoms with Gasteiger partial charge in [-0.15, -0.1) is 0 Å². The van der Waals surface area contributed by atoms with Gasteiger partial charge in [0.2, 0.25) is 0 Å². The number of nitrogens with one attached hydrogen (secondary N) is 1. The molecule has 3 aromatic rings. The zero-order valence-corrected chi connectivity index (χ0v) is 15.2. The number of benzene rings is 2. The van der Waals surface area contributed by atoms with Gasteiger partial charge in [-0.1, -0.05) is 0 Å². The topological polar surface area (TPSA) is 42.0 Å². The van der Waals surface area contributed by atoms with Crippen LogP contribution in [-0.4, -0.2) is 25.8 Å². The zero-order chi connectivity index (χ0) is 16.8. The minimum absolute atomic E-state index is 0.0930. The Bertz CT molecular complexity index is 822. The molecule has 120 valence electrons. The van der Waals surface area contributed by atoms with E-state index in [1.165, 1.54) is 5.56 Å². The van der Waals surface area contributed by atoms with Gasteiger partial charge in [0.05, 0.1) is 0 Å². The predicted octanol–water partition coefficient (Wildman–Crippen LogP) is 3.52. The number of carbonyl (C=O) groups is 1. The number of halogens is 1. The van der Waals surface area contributed by atoms with Crippen LogP contribution in [-0.2, 0) is 5.32 Å². The van der Waals surface area contributed by atoms with Crippen molar-refractivity contribution in [3.63, 3.8) is 0 Å². The van der Waals surface area contributed by atoms with E-state index in [1.54, 1.807) is 36.7 Å². The molecule has 1 heterocycles. The van der Waals surface area contributed by atoms with Crippen molar-refractivity contribution >= 4 is 42.6 Å². The number of hydrogen-bond donors (Lipinski definition) is 1. The fourth-order valence-corrected chi connectivity index (χ4v) is 4.39. The molecule has 0 aliphatic heterocycles. The number of pyridine rings is 1. The Morgan fingerprint density at radius 2 is 1.71 bits per heavy atom. The molecule has 1 amide bonds. The Morgan fingerprint density at radius 1 is 1.00 bits per heavy atom. The monoisotopic (exact) mass is 402 g/mol. The molecule has 3 rings (SSSR count). The van der Waals surface area contributed by atoms with Crippen molar-refractivity contribution in [3.05, 3.63) is 89.2 Å². The van der Waals surface area contributed by atoms with E-state index in [1.807, 2.05) is 36.4 Å². The van der Waals surface area contributed by atoms with Gasteiger partial charge < -0.3 is 0 Å². The van der Waals surface area contributed by atoms with E-state index in [-0.39, 0.29) is 20.9 Å². The number of carbonyl (C=O) groups excluding carboxylic acids is 1. The van der Waals surface area contributed by atoms with Crippen LogP contribution in [0.2, 0.25) is 5.02 Å². The van der Waals surface area contributed by atoms with Gasteiger partial charge in [0, 0.05) is 0 Å². The van der Waals surface area contributed by atoms with Gasteiger partial charge in [-0.05, 0) is 0 Å². The van der Waals surface area contributed by atoms with E-state index in [0.717, 1.165) is 21.0 Å². The maximum absolute atomic E-state index is 12.6. The van der Waals surface area contributed by atoms with Crippen molar-refractivity contribution in [2.24, 2.45) is 0 Å². The van der Waals surface area contributed by atoms with Crippen LogP contribution < -0.4 is 9.78 Å². The summed E-state index contributed by atoms with van der Waals surface area (Å²) in [5, 5.41) is 4.51. The van der Waals surface area contributed by atoms with Gasteiger partial charge in [0.15, 0.2) is 0 Å². The third-order valence-corrected chi connectivity index (χ3v) is 6.03. The van der Waals surface area contributed by atoms with E-state index in [4.69, 9.17) is 11.6 Å². The van der Waals surface area contributed by atoms with Gasteiger partial charge in [0.25, 0.3) is 0 Å². The molecule has 5 heteroatoms. The van der Waals surface area contributed by atoms with E-state index >= 15 is 0 Å². The number of nitrogens with zero attached hydrogens (tertiary/aromatic N) is 1. The van der Waals surface area contributed by atoms with Crippen LogP contribution in [0.5, 0.6) is 0 Å². The van der Waals surface area contributed by atoms with Crippen LogP contribution in [0.25, 0.3) is 0 Å². The van der Waals surface area contributed by atoms with Crippen molar-refractivity contribution in [3.8, 4) is 0 Å². The van der Waals surface area contributed by atoms with Gasteiger partial charge in [-0.2, -0.15) is 0 Å². The van der Waals surface area contributed by atoms with Gasteiger partial charge in [0.1, 0.15) is 0 Å². The second-order valence-corrected chi connectivity index (χ2v) is 7.67. The van der Waals surface area contributed by atoms with Crippen molar-refractivity contribution in [2.45, 2.75) is 5.32 Å². The van der Waals surface area contributed by atoms with Gasteiger partial charge in [-0.25, -0.2) is 0 Å². The molecule has 0 aliphatic carbocycles. The predicted molar refractivity (Wildman–Crippen MR) is 99.2 cm³/mol. The van der Waals surface area contributed by atoms with Crippen molar-refractivity contribution in [1.29, 1.82) is 0 Å². The third kappa shape index (κ3) is 4.45. The number of amides is 1. The number of anilines is 1. The molecule has 2 aromatic carbocycles. The SMILES string of the molecule is O=C(Nc1ccc(Cl)cc1)c1ccccc1[Se]Cc1ccncc1. The average Bonchev–Trinajstić information content (AvgIpc) is 2.63. The standard InChI is InChI=1S/C19H15ClN2OSe/c20-15-5-7-16(8-6-15)22-19(23)17-3-1-2-4-18(17)24-13-14-9-11-21-12-10-14/h1-12H,13H2,(H,22,23). The second kappa shape index (κ2) is 8.11. The van der Waals surface area contributed by atoms with Crippen molar-refractivity contribution in [2.75, 3.05) is 5.32 Å².